The summed E-state index contributed by atoms with van der Waals surface area (Å²) < 4.78 is 19.8. The lowest BCUT2D eigenvalue weighted by molar-refractivity contribution is -0.117. The van der Waals surface area contributed by atoms with Crippen LogP contribution in [0.4, 0.5) is 9.18 Å². The third-order valence-electron chi connectivity index (χ3n) is 5.89. The Morgan fingerprint density at radius 1 is 1.18 bits per heavy atom. The Bertz CT molecular complexity index is 921. The van der Waals surface area contributed by atoms with Crippen LogP contribution in [0.3, 0.4) is 0 Å². The topological polar surface area (TPSA) is 78.9 Å². The number of alkyl carbamates (subject to hydrolysis) is 1. The standard InChI is InChI=1S/C26H35FN2O4/c1-4-20-10-7-11-21(18-20)24-22(12-8-13-23(24)27)26(32,14-5-6-17-29(2)19-30)15-9-16-28-25(31)33-3/h7-8,10-13,18-19,32H,4-6,9,14-17H2,1-3H3,(H,28,31). The van der Waals surface area contributed by atoms with E-state index in [4.69, 9.17) is 0 Å². The normalized spacial score (nSPS) is 12.6. The van der Waals surface area contributed by atoms with Crippen LogP contribution in [-0.2, 0) is 21.6 Å². The second-order valence-corrected chi connectivity index (χ2v) is 8.31. The zero-order valence-electron chi connectivity index (χ0n) is 19.8. The van der Waals surface area contributed by atoms with Gasteiger partial charge in [0, 0.05) is 25.7 Å². The molecule has 2 aromatic rings. The van der Waals surface area contributed by atoms with Crippen molar-refractivity contribution in [1.29, 1.82) is 0 Å². The van der Waals surface area contributed by atoms with E-state index in [9.17, 15) is 14.7 Å². The van der Waals surface area contributed by atoms with Crippen LogP contribution in [0.15, 0.2) is 42.5 Å². The largest absolute Gasteiger partial charge is 0.453 e. The Labute approximate surface area is 195 Å². The zero-order valence-corrected chi connectivity index (χ0v) is 19.8. The van der Waals surface area contributed by atoms with E-state index < -0.39 is 11.7 Å². The fraction of sp³-hybridized carbons (Fsp3) is 0.462. The quantitative estimate of drug-likeness (QED) is 0.339. The number of unbranched alkanes of at least 4 members (excludes halogenated alkanes) is 1. The lowest BCUT2D eigenvalue weighted by Gasteiger charge is -2.32. The van der Waals surface area contributed by atoms with E-state index in [1.165, 1.54) is 13.2 Å². The molecule has 6 nitrogen and oxygen atoms in total. The Kier molecular flexibility index (Phi) is 10.3. The van der Waals surface area contributed by atoms with Gasteiger partial charge in [0.05, 0.1) is 12.7 Å². The van der Waals surface area contributed by atoms with Crippen molar-refractivity contribution < 1.29 is 23.8 Å². The molecule has 0 saturated carbocycles. The number of benzene rings is 2. The van der Waals surface area contributed by atoms with Gasteiger partial charge in [0.1, 0.15) is 5.82 Å². The number of hydrogen-bond acceptors (Lipinski definition) is 4. The maximum atomic E-state index is 15.2. The molecule has 0 aromatic heterocycles. The van der Waals surface area contributed by atoms with E-state index >= 15 is 4.39 Å². The van der Waals surface area contributed by atoms with Crippen LogP contribution >= 0.6 is 0 Å². The second kappa shape index (κ2) is 12.9. The Morgan fingerprint density at radius 2 is 1.91 bits per heavy atom. The molecule has 1 unspecified atom stereocenters. The van der Waals surface area contributed by atoms with E-state index in [0.29, 0.717) is 56.3 Å². The molecular weight excluding hydrogens is 423 g/mol. The molecule has 0 aliphatic carbocycles. The van der Waals surface area contributed by atoms with Gasteiger partial charge in [-0.1, -0.05) is 43.3 Å². The predicted molar refractivity (Wildman–Crippen MR) is 127 cm³/mol. The summed E-state index contributed by atoms with van der Waals surface area (Å²) >= 11 is 0. The van der Waals surface area contributed by atoms with Crippen LogP contribution in [0.5, 0.6) is 0 Å². The number of aliphatic hydroxyl groups is 1. The summed E-state index contributed by atoms with van der Waals surface area (Å²) in [5.74, 6) is -0.382. The Balaban J connectivity index is 2.35. The first kappa shape index (κ1) is 26.3. The Morgan fingerprint density at radius 3 is 2.61 bits per heavy atom. The third kappa shape index (κ3) is 7.56. The lowest BCUT2D eigenvalue weighted by Crippen LogP contribution is -2.30. The molecule has 180 valence electrons. The van der Waals surface area contributed by atoms with Crippen molar-refractivity contribution in [2.24, 2.45) is 0 Å². The average molecular weight is 459 g/mol. The van der Waals surface area contributed by atoms with E-state index in [-0.39, 0.29) is 5.82 Å². The summed E-state index contributed by atoms with van der Waals surface area (Å²) in [5, 5.41) is 14.5. The van der Waals surface area contributed by atoms with Gasteiger partial charge in [-0.25, -0.2) is 9.18 Å². The van der Waals surface area contributed by atoms with Gasteiger partial charge in [-0.15, -0.1) is 0 Å². The molecule has 0 aliphatic rings. The van der Waals surface area contributed by atoms with Gasteiger partial charge in [0.15, 0.2) is 0 Å². The molecule has 1 atom stereocenters. The van der Waals surface area contributed by atoms with Crippen molar-refractivity contribution >= 4 is 12.5 Å². The fourth-order valence-corrected chi connectivity index (χ4v) is 4.02. The molecule has 7 heteroatoms. The zero-order chi connectivity index (χ0) is 24.3. The van der Waals surface area contributed by atoms with Crippen LogP contribution in [0.1, 0.15) is 50.2 Å². The summed E-state index contributed by atoms with van der Waals surface area (Å²) in [4.78, 5) is 23.8. The van der Waals surface area contributed by atoms with E-state index in [1.807, 2.05) is 31.2 Å². The minimum atomic E-state index is -1.29. The van der Waals surface area contributed by atoms with E-state index in [1.54, 1.807) is 24.1 Å². The number of nitrogens with one attached hydrogen (secondary N) is 1. The number of carbonyl (C=O) groups is 2. The van der Waals surface area contributed by atoms with Crippen LogP contribution in [0.2, 0.25) is 0 Å². The highest BCUT2D eigenvalue weighted by Gasteiger charge is 2.32. The van der Waals surface area contributed by atoms with Gasteiger partial charge in [0.2, 0.25) is 6.41 Å². The Hall–Kier alpha value is -2.93. The molecule has 2 N–H and O–H groups in total. The highest BCUT2D eigenvalue weighted by molar-refractivity contribution is 5.70. The van der Waals surface area contributed by atoms with Gasteiger partial charge < -0.3 is 20.1 Å². The number of hydrogen-bond donors (Lipinski definition) is 2. The molecule has 0 bridgehead atoms. The van der Waals surface area contributed by atoms with Gasteiger partial charge in [0.25, 0.3) is 0 Å². The van der Waals surface area contributed by atoms with E-state index in [0.717, 1.165) is 24.0 Å². The van der Waals surface area contributed by atoms with Crippen molar-refractivity contribution in [2.75, 3.05) is 27.2 Å². The third-order valence-corrected chi connectivity index (χ3v) is 5.89. The molecule has 0 saturated heterocycles. The van der Waals surface area contributed by atoms with Crippen molar-refractivity contribution in [2.45, 2.75) is 51.0 Å². The van der Waals surface area contributed by atoms with Gasteiger partial charge in [-0.3, -0.25) is 4.79 Å². The summed E-state index contributed by atoms with van der Waals surface area (Å²) in [6.07, 6.45) is 3.68. The van der Waals surface area contributed by atoms with Crippen molar-refractivity contribution in [3.05, 3.63) is 59.4 Å². The maximum Gasteiger partial charge on any atom is 0.406 e. The summed E-state index contributed by atoms with van der Waals surface area (Å²) in [6.45, 7) is 2.96. The molecule has 2 aromatic carbocycles. The van der Waals surface area contributed by atoms with Crippen molar-refractivity contribution in [1.82, 2.24) is 10.2 Å². The monoisotopic (exact) mass is 458 g/mol. The number of nitrogens with zero attached hydrogens (tertiary/aromatic N) is 1. The average Bonchev–Trinajstić information content (AvgIpc) is 2.84. The van der Waals surface area contributed by atoms with Crippen molar-refractivity contribution in [3.8, 4) is 11.1 Å². The summed E-state index contributed by atoms with van der Waals surface area (Å²) in [5.41, 5.74) is 1.47. The summed E-state index contributed by atoms with van der Waals surface area (Å²) in [7, 11) is 3.01. The molecule has 0 fully saturated rings. The highest BCUT2D eigenvalue weighted by atomic mass is 19.1. The smallest absolute Gasteiger partial charge is 0.406 e. The highest BCUT2D eigenvalue weighted by Crippen LogP contribution is 2.40. The second-order valence-electron chi connectivity index (χ2n) is 8.31. The molecule has 0 heterocycles. The SMILES string of the molecule is CCc1cccc(-c2c(F)cccc2C(O)(CCCCN(C)C=O)CCCNC(=O)OC)c1. The molecule has 2 amide bonds. The maximum absolute atomic E-state index is 15.2. The number of ether oxygens (including phenoxy) is 1. The summed E-state index contributed by atoms with van der Waals surface area (Å²) in [6, 6.07) is 12.5. The van der Waals surface area contributed by atoms with Gasteiger partial charge in [-0.05, 0) is 61.3 Å². The number of methoxy groups -OCH3 is 1. The van der Waals surface area contributed by atoms with Crippen LogP contribution in [0, 0.1) is 5.82 Å². The number of halogens is 1. The first-order valence-corrected chi connectivity index (χ1v) is 11.4. The van der Waals surface area contributed by atoms with Gasteiger partial charge >= 0.3 is 6.09 Å². The van der Waals surface area contributed by atoms with Crippen LogP contribution in [0.25, 0.3) is 11.1 Å². The number of aryl methyl sites for hydroxylation is 1. The van der Waals surface area contributed by atoms with E-state index in [2.05, 4.69) is 10.1 Å². The fourth-order valence-electron chi connectivity index (χ4n) is 4.02. The molecule has 33 heavy (non-hydrogen) atoms. The minimum Gasteiger partial charge on any atom is -0.453 e. The predicted octanol–water partition coefficient (Wildman–Crippen LogP) is 4.64. The van der Waals surface area contributed by atoms with Crippen molar-refractivity contribution in [3.63, 3.8) is 0 Å². The molecule has 0 spiro atoms. The first-order chi connectivity index (χ1) is 15.8. The lowest BCUT2D eigenvalue weighted by atomic mass is 9.80. The minimum absolute atomic E-state index is 0.332. The molecule has 0 radical (unpaired) electrons. The molecule has 0 aliphatic heterocycles. The molecular formula is C26H35FN2O4. The number of rotatable bonds is 13. The number of carbonyl (C=O) groups excluding carboxylic acids is 2. The molecule has 2 rings (SSSR count). The van der Waals surface area contributed by atoms with Crippen LogP contribution in [-0.4, -0.2) is 49.8 Å². The first-order valence-electron chi connectivity index (χ1n) is 11.4. The van der Waals surface area contributed by atoms with Crippen LogP contribution < -0.4 is 5.32 Å². The van der Waals surface area contributed by atoms with Gasteiger partial charge in [-0.2, -0.15) is 0 Å². The number of amides is 2.